The molecule has 0 spiro atoms. The topological polar surface area (TPSA) is 57.6 Å². The zero-order valence-electron chi connectivity index (χ0n) is 16.2. The molecule has 1 aliphatic heterocycles. The highest BCUT2D eigenvalue weighted by Crippen LogP contribution is 2.43. The second-order valence-electron chi connectivity index (χ2n) is 7.30. The monoisotopic (exact) mass is 403 g/mol. The average Bonchev–Trinajstić information content (AvgIpc) is 3.35. The fraction of sp³-hybridized carbons (Fsp3) is 0.167. The van der Waals surface area contributed by atoms with E-state index in [0.29, 0.717) is 17.2 Å². The van der Waals surface area contributed by atoms with Crippen LogP contribution in [0, 0.1) is 0 Å². The predicted octanol–water partition coefficient (Wildman–Crippen LogP) is 5.50. The Morgan fingerprint density at radius 1 is 0.966 bits per heavy atom. The summed E-state index contributed by atoms with van der Waals surface area (Å²) in [6, 6.07) is 19.7. The quantitative estimate of drug-likeness (QED) is 0.356. The van der Waals surface area contributed by atoms with E-state index in [4.69, 9.17) is 0 Å². The maximum absolute atomic E-state index is 13.0. The Labute approximate surface area is 173 Å². The summed E-state index contributed by atoms with van der Waals surface area (Å²) in [6.07, 6.45) is 0. The van der Waals surface area contributed by atoms with Crippen LogP contribution in [0.25, 0.3) is 5.76 Å². The van der Waals surface area contributed by atoms with Gasteiger partial charge in [-0.1, -0.05) is 62.4 Å². The summed E-state index contributed by atoms with van der Waals surface area (Å²) in [6.45, 7) is 4.21. The molecule has 2 heterocycles. The van der Waals surface area contributed by atoms with Crippen LogP contribution in [0.15, 0.2) is 77.7 Å². The van der Waals surface area contributed by atoms with E-state index in [1.165, 1.54) is 16.2 Å². The smallest absolute Gasteiger partial charge is 0.300 e. The molecule has 1 atom stereocenters. The molecule has 0 aliphatic carbocycles. The van der Waals surface area contributed by atoms with Crippen LogP contribution >= 0.6 is 11.3 Å². The minimum atomic E-state index is -0.669. The number of aliphatic hydroxyl groups excluding tert-OH is 1. The van der Waals surface area contributed by atoms with Crippen molar-refractivity contribution in [3.05, 3.63) is 93.7 Å². The van der Waals surface area contributed by atoms with Crippen molar-refractivity contribution in [2.45, 2.75) is 25.8 Å². The van der Waals surface area contributed by atoms with E-state index in [9.17, 15) is 14.7 Å². The van der Waals surface area contributed by atoms with Gasteiger partial charge in [0.25, 0.3) is 11.7 Å². The fourth-order valence-corrected chi connectivity index (χ4v) is 4.41. The molecule has 1 aliphatic rings. The normalized spacial score (nSPS) is 18.6. The van der Waals surface area contributed by atoms with Gasteiger partial charge in [-0.2, -0.15) is 0 Å². The molecule has 0 bridgehead atoms. The summed E-state index contributed by atoms with van der Waals surface area (Å²) in [5.74, 6) is -1.08. The first-order valence-electron chi connectivity index (χ1n) is 9.49. The molecule has 1 amide bonds. The number of rotatable bonds is 4. The van der Waals surface area contributed by atoms with E-state index in [2.05, 4.69) is 13.8 Å². The van der Waals surface area contributed by atoms with Gasteiger partial charge in [0.15, 0.2) is 0 Å². The van der Waals surface area contributed by atoms with Crippen molar-refractivity contribution >= 4 is 34.5 Å². The van der Waals surface area contributed by atoms with Crippen LogP contribution in [-0.4, -0.2) is 16.8 Å². The van der Waals surface area contributed by atoms with Gasteiger partial charge >= 0.3 is 0 Å². The lowest BCUT2D eigenvalue weighted by Gasteiger charge is -2.24. The summed E-state index contributed by atoms with van der Waals surface area (Å²) in [7, 11) is 0. The molecule has 1 unspecified atom stereocenters. The highest BCUT2D eigenvalue weighted by Gasteiger charge is 2.47. The maximum atomic E-state index is 13.0. The highest BCUT2D eigenvalue weighted by molar-refractivity contribution is 7.10. The number of thiophene rings is 1. The molecule has 2 aromatic carbocycles. The molecule has 3 aromatic rings. The Balaban J connectivity index is 1.88. The number of benzene rings is 2. The number of carbonyl (C=O) groups is 2. The molecule has 29 heavy (non-hydrogen) atoms. The van der Waals surface area contributed by atoms with Crippen LogP contribution in [0.3, 0.4) is 0 Å². The molecule has 0 radical (unpaired) electrons. The molecule has 146 valence electrons. The summed E-state index contributed by atoms with van der Waals surface area (Å²) in [5.41, 5.74) is 2.43. The van der Waals surface area contributed by atoms with Crippen molar-refractivity contribution in [3.8, 4) is 0 Å². The summed E-state index contributed by atoms with van der Waals surface area (Å²) in [5, 5.41) is 12.8. The molecule has 0 saturated carbocycles. The number of amides is 1. The molecule has 5 heteroatoms. The standard InChI is InChI=1S/C24H21NO3S/c1-15(2)16-10-12-18(13-11-16)25-21(19-9-6-14-29-19)20(23(27)24(25)28)22(26)17-7-4-3-5-8-17/h3-15,21,26H,1-2H3/b22-20-. The van der Waals surface area contributed by atoms with Gasteiger partial charge in [-0.25, -0.2) is 0 Å². The first-order valence-corrected chi connectivity index (χ1v) is 10.4. The fourth-order valence-electron chi connectivity index (χ4n) is 3.59. The minimum absolute atomic E-state index is 0.122. The second-order valence-corrected chi connectivity index (χ2v) is 8.28. The first-order chi connectivity index (χ1) is 14.0. The Morgan fingerprint density at radius 2 is 1.66 bits per heavy atom. The molecular formula is C24H21NO3S. The number of anilines is 1. The maximum Gasteiger partial charge on any atom is 0.300 e. The summed E-state index contributed by atoms with van der Waals surface area (Å²) in [4.78, 5) is 28.3. The van der Waals surface area contributed by atoms with Crippen molar-refractivity contribution in [1.82, 2.24) is 0 Å². The van der Waals surface area contributed by atoms with Crippen molar-refractivity contribution < 1.29 is 14.7 Å². The lowest BCUT2D eigenvalue weighted by Crippen LogP contribution is -2.29. The predicted molar refractivity (Wildman–Crippen MR) is 116 cm³/mol. The molecule has 1 aromatic heterocycles. The second kappa shape index (κ2) is 7.68. The largest absolute Gasteiger partial charge is 0.507 e. The molecule has 1 N–H and O–H groups in total. The third-order valence-electron chi connectivity index (χ3n) is 5.14. The summed E-state index contributed by atoms with van der Waals surface area (Å²) >= 11 is 1.46. The SMILES string of the molecule is CC(C)c1ccc(N2C(=O)C(=O)/C(=C(\O)c3ccccc3)C2c2cccs2)cc1. The molecule has 1 fully saturated rings. The van der Waals surface area contributed by atoms with Gasteiger partial charge in [-0.05, 0) is 35.1 Å². The van der Waals surface area contributed by atoms with Crippen molar-refractivity contribution in [2.75, 3.05) is 4.90 Å². The highest BCUT2D eigenvalue weighted by atomic mass is 32.1. The molecule has 1 saturated heterocycles. The Morgan fingerprint density at radius 3 is 2.24 bits per heavy atom. The Bertz CT molecular complexity index is 1070. The average molecular weight is 404 g/mol. The number of Topliss-reactive ketones (excluding diaryl/α,β-unsaturated/α-hetero) is 1. The number of hydrogen-bond donors (Lipinski definition) is 1. The van der Waals surface area contributed by atoms with Crippen LogP contribution in [0.4, 0.5) is 5.69 Å². The van der Waals surface area contributed by atoms with E-state index in [1.807, 2.05) is 47.8 Å². The third kappa shape index (κ3) is 3.38. The van der Waals surface area contributed by atoms with Gasteiger partial charge in [-0.3, -0.25) is 14.5 Å². The van der Waals surface area contributed by atoms with Gasteiger partial charge in [0.2, 0.25) is 0 Å². The van der Waals surface area contributed by atoms with Gasteiger partial charge in [0.1, 0.15) is 11.8 Å². The van der Waals surface area contributed by atoms with E-state index >= 15 is 0 Å². The van der Waals surface area contributed by atoms with E-state index < -0.39 is 17.7 Å². The van der Waals surface area contributed by atoms with Crippen molar-refractivity contribution in [3.63, 3.8) is 0 Å². The van der Waals surface area contributed by atoms with E-state index in [-0.39, 0.29) is 11.3 Å². The number of ketones is 1. The first kappa shape index (κ1) is 19.2. The zero-order valence-corrected chi connectivity index (χ0v) is 17.0. The number of aliphatic hydroxyl groups is 1. The molecule has 4 rings (SSSR count). The lowest BCUT2D eigenvalue weighted by atomic mass is 9.99. The van der Waals surface area contributed by atoms with Gasteiger partial charge in [-0.15, -0.1) is 11.3 Å². The Kier molecular flexibility index (Phi) is 5.07. The zero-order chi connectivity index (χ0) is 20.5. The van der Waals surface area contributed by atoms with Gasteiger partial charge in [0.05, 0.1) is 5.57 Å². The van der Waals surface area contributed by atoms with Crippen molar-refractivity contribution in [1.29, 1.82) is 0 Å². The molecular weight excluding hydrogens is 382 g/mol. The van der Waals surface area contributed by atoms with E-state index in [1.54, 1.807) is 24.3 Å². The third-order valence-corrected chi connectivity index (χ3v) is 6.07. The van der Waals surface area contributed by atoms with Crippen LogP contribution in [0.1, 0.15) is 41.8 Å². The molecule has 4 nitrogen and oxygen atoms in total. The van der Waals surface area contributed by atoms with Crippen molar-refractivity contribution in [2.24, 2.45) is 0 Å². The minimum Gasteiger partial charge on any atom is -0.507 e. The van der Waals surface area contributed by atoms with E-state index in [0.717, 1.165) is 10.4 Å². The Hall–Kier alpha value is -3.18. The van der Waals surface area contributed by atoms with Gasteiger partial charge in [0, 0.05) is 16.1 Å². The van der Waals surface area contributed by atoms with Crippen LogP contribution in [-0.2, 0) is 9.59 Å². The number of nitrogens with zero attached hydrogens (tertiary/aromatic N) is 1. The number of carbonyl (C=O) groups excluding carboxylic acids is 2. The lowest BCUT2D eigenvalue weighted by molar-refractivity contribution is -0.132. The van der Waals surface area contributed by atoms with Crippen LogP contribution in [0.5, 0.6) is 0 Å². The van der Waals surface area contributed by atoms with Crippen LogP contribution in [0.2, 0.25) is 0 Å². The summed E-state index contributed by atoms with van der Waals surface area (Å²) < 4.78 is 0. The number of hydrogen-bond acceptors (Lipinski definition) is 4. The van der Waals surface area contributed by atoms with Crippen LogP contribution < -0.4 is 4.90 Å². The van der Waals surface area contributed by atoms with Gasteiger partial charge < -0.3 is 5.11 Å².